The van der Waals surface area contributed by atoms with Gasteiger partial charge >= 0.3 is 0 Å². The van der Waals surface area contributed by atoms with E-state index < -0.39 is 0 Å². The molecule has 0 radical (unpaired) electrons. The first kappa shape index (κ1) is 10.6. The van der Waals surface area contributed by atoms with Crippen molar-refractivity contribution in [3.8, 4) is 0 Å². The van der Waals surface area contributed by atoms with E-state index in [2.05, 4.69) is 18.0 Å². The Labute approximate surface area is 91.4 Å². The molecule has 2 nitrogen and oxygen atoms in total. The van der Waals surface area contributed by atoms with Crippen molar-refractivity contribution in [1.82, 2.24) is 4.98 Å². The molecule has 0 saturated carbocycles. The van der Waals surface area contributed by atoms with E-state index >= 15 is 0 Å². The first-order valence-electron chi connectivity index (χ1n) is 5.80. The molecule has 1 aromatic rings. The monoisotopic (exact) mass is 205 g/mol. The van der Waals surface area contributed by atoms with E-state index in [1.807, 2.05) is 19.2 Å². The molecule has 1 aliphatic rings. The third-order valence-electron chi connectivity index (χ3n) is 3.40. The standard InChI is InChI=1S/C13H19NO/c1-9(8-10(2)15)12-6-5-11-4-3-7-14-13(11)12/h3-4,7,9-10,12,15H,5-6,8H2,1-2H3. The minimum atomic E-state index is -0.201. The predicted octanol–water partition coefficient (Wildman–Crippen LogP) is 2.52. The molecule has 0 amide bonds. The van der Waals surface area contributed by atoms with Gasteiger partial charge in [0, 0.05) is 17.8 Å². The second kappa shape index (κ2) is 4.31. The van der Waals surface area contributed by atoms with E-state index in [4.69, 9.17) is 0 Å². The second-order valence-electron chi connectivity index (χ2n) is 4.75. The van der Waals surface area contributed by atoms with Crippen LogP contribution in [-0.4, -0.2) is 16.2 Å². The van der Waals surface area contributed by atoms with Crippen molar-refractivity contribution in [1.29, 1.82) is 0 Å². The van der Waals surface area contributed by atoms with E-state index in [1.54, 1.807) is 0 Å². The van der Waals surface area contributed by atoms with Crippen LogP contribution in [0.2, 0.25) is 0 Å². The van der Waals surface area contributed by atoms with E-state index in [-0.39, 0.29) is 6.10 Å². The molecule has 3 atom stereocenters. The van der Waals surface area contributed by atoms with Crippen molar-refractivity contribution in [2.75, 3.05) is 0 Å². The number of fused-ring (bicyclic) bond motifs is 1. The van der Waals surface area contributed by atoms with Gasteiger partial charge in [0.2, 0.25) is 0 Å². The predicted molar refractivity (Wildman–Crippen MR) is 60.8 cm³/mol. The van der Waals surface area contributed by atoms with Gasteiger partial charge in [-0.1, -0.05) is 13.0 Å². The van der Waals surface area contributed by atoms with Crippen molar-refractivity contribution < 1.29 is 5.11 Å². The Morgan fingerprint density at radius 2 is 2.33 bits per heavy atom. The summed E-state index contributed by atoms with van der Waals surface area (Å²) in [6.45, 7) is 4.09. The zero-order valence-corrected chi connectivity index (χ0v) is 9.48. The highest BCUT2D eigenvalue weighted by atomic mass is 16.3. The summed E-state index contributed by atoms with van der Waals surface area (Å²) in [5.41, 5.74) is 2.67. The quantitative estimate of drug-likeness (QED) is 0.822. The Bertz CT molecular complexity index is 335. The van der Waals surface area contributed by atoms with Crippen LogP contribution in [0.5, 0.6) is 0 Å². The number of aliphatic hydroxyl groups excluding tert-OH is 1. The number of nitrogens with zero attached hydrogens (tertiary/aromatic N) is 1. The Hall–Kier alpha value is -0.890. The highest BCUT2D eigenvalue weighted by Crippen LogP contribution is 2.38. The first-order valence-corrected chi connectivity index (χ1v) is 5.80. The molecule has 1 heterocycles. The molecule has 1 aromatic heterocycles. The third kappa shape index (κ3) is 2.20. The van der Waals surface area contributed by atoms with Gasteiger partial charge in [0.05, 0.1) is 6.10 Å². The van der Waals surface area contributed by atoms with Gasteiger partial charge in [-0.15, -0.1) is 0 Å². The van der Waals surface area contributed by atoms with E-state index in [0.29, 0.717) is 11.8 Å². The fourth-order valence-electron chi connectivity index (χ4n) is 2.70. The molecular formula is C13H19NO. The molecule has 15 heavy (non-hydrogen) atoms. The zero-order chi connectivity index (χ0) is 10.8. The van der Waals surface area contributed by atoms with Crippen LogP contribution < -0.4 is 0 Å². The molecule has 1 N–H and O–H groups in total. The Balaban J connectivity index is 2.13. The van der Waals surface area contributed by atoms with E-state index in [1.165, 1.54) is 17.7 Å². The summed E-state index contributed by atoms with van der Waals surface area (Å²) in [6.07, 6.45) is 4.90. The van der Waals surface area contributed by atoms with Crippen molar-refractivity contribution in [3.63, 3.8) is 0 Å². The highest BCUT2D eigenvalue weighted by Gasteiger charge is 2.28. The summed E-state index contributed by atoms with van der Waals surface area (Å²) in [7, 11) is 0. The van der Waals surface area contributed by atoms with Gasteiger partial charge in [-0.25, -0.2) is 0 Å². The summed E-state index contributed by atoms with van der Waals surface area (Å²) in [5, 5.41) is 9.41. The van der Waals surface area contributed by atoms with Gasteiger partial charge in [0.1, 0.15) is 0 Å². The van der Waals surface area contributed by atoms with Gasteiger partial charge in [-0.3, -0.25) is 4.98 Å². The van der Waals surface area contributed by atoms with Crippen molar-refractivity contribution in [3.05, 3.63) is 29.6 Å². The molecule has 0 bridgehead atoms. The van der Waals surface area contributed by atoms with Crippen LogP contribution in [0.25, 0.3) is 0 Å². The van der Waals surface area contributed by atoms with Gasteiger partial charge in [0.25, 0.3) is 0 Å². The van der Waals surface area contributed by atoms with Crippen molar-refractivity contribution in [2.45, 2.75) is 45.1 Å². The van der Waals surface area contributed by atoms with Gasteiger partial charge in [-0.2, -0.15) is 0 Å². The maximum Gasteiger partial charge on any atom is 0.0514 e. The summed E-state index contributed by atoms with van der Waals surface area (Å²) in [6, 6.07) is 4.19. The van der Waals surface area contributed by atoms with Crippen LogP contribution in [0.15, 0.2) is 18.3 Å². The smallest absolute Gasteiger partial charge is 0.0514 e. The fraction of sp³-hybridized carbons (Fsp3) is 0.615. The van der Waals surface area contributed by atoms with E-state index in [9.17, 15) is 5.11 Å². The molecular weight excluding hydrogens is 186 g/mol. The van der Waals surface area contributed by atoms with Gasteiger partial charge in [0.15, 0.2) is 0 Å². The number of hydrogen-bond acceptors (Lipinski definition) is 2. The van der Waals surface area contributed by atoms with Gasteiger partial charge in [-0.05, 0) is 43.7 Å². The van der Waals surface area contributed by atoms with Crippen molar-refractivity contribution in [2.24, 2.45) is 5.92 Å². The number of aliphatic hydroxyl groups is 1. The maximum atomic E-state index is 9.41. The van der Waals surface area contributed by atoms with Crippen LogP contribution in [0.3, 0.4) is 0 Å². The lowest BCUT2D eigenvalue weighted by molar-refractivity contribution is 0.156. The normalized spacial score (nSPS) is 23.5. The van der Waals surface area contributed by atoms with Crippen LogP contribution in [0.1, 0.15) is 43.9 Å². The fourth-order valence-corrected chi connectivity index (χ4v) is 2.70. The number of hydrogen-bond donors (Lipinski definition) is 1. The number of pyridine rings is 1. The number of aryl methyl sites for hydroxylation is 1. The molecule has 0 saturated heterocycles. The summed E-state index contributed by atoms with van der Waals surface area (Å²) in [5.74, 6) is 1.08. The summed E-state index contributed by atoms with van der Waals surface area (Å²) >= 11 is 0. The molecule has 0 fully saturated rings. The average Bonchev–Trinajstić information content (AvgIpc) is 2.59. The van der Waals surface area contributed by atoms with Crippen molar-refractivity contribution >= 4 is 0 Å². The van der Waals surface area contributed by atoms with Crippen LogP contribution in [0.4, 0.5) is 0 Å². The lowest BCUT2D eigenvalue weighted by Crippen LogP contribution is -2.14. The summed E-state index contributed by atoms with van der Waals surface area (Å²) < 4.78 is 0. The molecule has 0 aliphatic heterocycles. The lowest BCUT2D eigenvalue weighted by Gasteiger charge is -2.20. The van der Waals surface area contributed by atoms with E-state index in [0.717, 1.165) is 12.8 Å². The second-order valence-corrected chi connectivity index (χ2v) is 4.75. The SMILES string of the molecule is CC(O)CC(C)C1CCc2cccnc21. The highest BCUT2D eigenvalue weighted by molar-refractivity contribution is 5.28. The Kier molecular flexibility index (Phi) is 3.06. The van der Waals surface area contributed by atoms with Crippen LogP contribution in [0, 0.1) is 5.92 Å². The topological polar surface area (TPSA) is 33.1 Å². The Morgan fingerprint density at radius 3 is 3.07 bits per heavy atom. The lowest BCUT2D eigenvalue weighted by atomic mass is 9.87. The molecule has 3 unspecified atom stereocenters. The first-order chi connectivity index (χ1) is 7.18. The number of rotatable bonds is 3. The number of aromatic nitrogens is 1. The largest absolute Gasteiger partial charge is 0.393 e. The third-order valence-corrected chi connectivity index (χ3v) is 3.40. The molecule has 0 aromatic carbocycles. The minimum absolute atomic E-state index is 0.201. The zero-order valence-electron chi connectivity index (χ0n) is 9.48. The van der Waals surface area contributed by atoms with Crippen LogP contribution >= 0.6 is 0 Å². The van der Waals surface area contributed by atoms with Crippen LogP contribution in [-0.2, 0) is 6.42 Å². The average molecular weight is 205 g/mol. The summed E-state index contributed by atoms with van der Waals surface area (Å²) in [4.78, 5) is 4.49. The Morgan fingerprint density at radius 1 is 1.53 bits per heavy atom. The molecule has 82 valence electrons. The molecule has 0 spiro atoms. The molecule has 2 rings (SSSR count). The molecule has 2 heteroatoms. The minimum Gasteiger partial charge on any atom is -0.393 e. The van der Waals surface area contributed by atoms with Gasteiger partial charge < -0.3 is 5.11 Å². The maximum absolute atomic E-state index is 9.41. The molecule has 1 aliphatic carbocycles.